The van der Waals surface area contributed by atoms with E-state index in [1.807, 2.05) is 22.7 Å². The third-order valence-electron chi connectivity index (χ3n) is 13.5. The van der Waals surface area contributed by atoms with E-state index < -0.39 is 0 Å². The van der Waals surface area contributed by atoms with Gasteiger partial charge in [-0.15, -0.1) is 22.7 Å². The first-order chi connectivity index (χ1) is 33.4. The van der Waals surface area contributed by atoms with E-state index in [0.717, 1.165) is 11.4 Å². The highest BCUT2D eigenvalue weighted by Crippen LogP contribution is 2.52. The number of aryl methyl sites for hydroxylation is 4. The molecule has 2 heterocycles. The van der Waals surface area contributed by atoms with Crippen molar-refractivity contribution in [2.75, 3.05) is 9.80 Å². The van der Waals surface area contributed by atoms with Crippen molar-refractivity contribution in [3.05, 3.63) is 241 Å². The summed E-state index contributed by atoms with van der Waals surface area (Å²) in [5.41, 5.74) is 19.2. The smallest absolute Gasteiger partial charge is 0.0640 e. The van der Waals surface area contributed by atoms with Crippen molar-refractivity contribution >= 4 is 97.1 Å². The van der Waals surface area contributed by atoms with E-state index in [1.54, 1.807) is 0 Å². The summed E-state index contributed by atoms with van der Waals surface area (Å²) in [4.78, 5) is 5.06. The van der Waals surface area contributed by atoms with E-state index in [1.165, 1.54) is 119 Å². The van der Waals surface area contributed by atoms with Gasteiger partial charge in [-0.1, -0.05) is 158 Å². The van der Waals surface area contributed by atoms with Crippen LogP contribution in [-0.4, -0.2) is 0 Å². The minimum atomic E-state index is 1.16. The van der Waals surface area contributed by atoms with Gasteiger partial charge in [0.1, 0.15) is 0 Å². The lowest BCUT2D eigenvalue weighted by Crippen LogP contribution is -2.15. The fourth-order valence-electron chi connectivity index (χ4n) is 10.6. The van der Waals surface area contributed by atoms with Gasteiger partial charge in [0.15, 0.2) is 0 Å². The number of thiophene rings is 2. The molecule has 0 aliphatic rings. The molecule has 0 amide bonds. The molecule has 68 heavy (non-hydrogen) atoms. The van der Waals surface area contributed by atoms with E-state index in [-0.39, 0.29) is 0 Å². The van der Waals surface area contributed by atoms with Gasteiger partial charge in [-0.2, -0.15) is 0 Å². The van der Waals surface area contributed by atoms with Gasteiger partial charge in [-0.3, -0.25) is 0 Å². The first-order valence-corrected chi connectivity index (χ1v) is 25.0. The number of benzene rings is 10. The highest BCUT2D eigenvalue weighted by molar-refractivity contribution is 7.26. The SMILES string of the molecule is Cc1cc(-c2cc(C)c(N(c3ccccc3-c3ccccc3)c3cccc4c3sc3ccccc34)c(C)c2)cc(C)c1N(c1ccccc1-c1ccccc1)c1cccc2c1sc1ccccc12. The Morgan fingerprint density at radius 3 is 1.01 bits per heavy atom. The van der Waals surface area contributed by atoms with Crippen LogP contribution in [0.5, 0.6) is 0 Å². The Kier molecular flexibility index (Phi) is 10.5. The molecule has 12 rings (SSSR count). The zero-order valence-electron chi connectivity index (χ0n) is 38.5. The molecule has 326 valence electrons. The molecule has 0 aliphatic heterocycles. The summed E-state index contributed by atoms with van der Waals surface area (Å²) in [6.45, 7) is 9.15. The molecular weight excluding hydrogens is 861 g/mol. The number of fused-ring (bicyclic) bond motifs is 6. The second-order valence-electron chi connectivity index (χ2n) is 17.9. The second-order valence-corrected chi connectivity index (χ2v) is 20.0. The molecule has 4 heteroatoms. The highest BCUT2D eigenvalue weighted by Gasteiger charge is 2.27. The summed E-state index contributed by atoms with van der Waals surface area (Å²) in [7, 11) is 0. The van der Waals surface area contributed by atoms with Crippen molar-refractivity contribution in [1.82, 2.24) is 0 Å². The quantitative estimate of drug-likeness (QED) is 0.142. The normalized spacial score (nSPS) is 11.5. The number of anilines is 6. The van der Waals surface area contributed by atoms with Crippen molar-refractivity contribution in [3.63, 3.8) is 0 Å². The van der Waals surface area contributed by atoms with E-state index in [4.69, 9.17) is 0 Å². The zero-order chi connectivity index (χ0) is 45.9. The largest absolute Gasteiger partial charge is 0.308 e. The van der Waals surface area contributed by atoms with Crippen LogP contribution in [0.4, 0.5) is 34.1 Å². The lowest BCUT2D eigenvalue weighted by molar-refractivity contribution is 1.22. The van der Waals surface area contributed by atoms with Crippen molar-refractivity contribution in [2.24, 2.45) is 0 Å². The molecule has 2 nitrogen and oxygen atoms in total. The Morgan fingerprint density at radius 2 is 0.603 bits per heavy atom. The summed E-state index contributed by atoms with van der Waals surface area (Å²) in [6.07, 6.45) is 0. The predicted molar refractivity (Wildman–Crippen MR) is 297 cm³/mol. The molecule has 0 aliphatic carbocycles. The lowest BCUT2D eigenvalue weighted by Gasteiger charge is -2.32. The van der Waals surface area contributed by atoms with Crippen molar-refractivity contribution in [1.29, 1.82) is 0 Å². The van der Waals surface area contributed by atoms with Crippen molar-refractivity contribution < 1.29 is 0 Å². The summed E-state index contributed by atoms with van der Waals surface area (Å²) in [5.74, 6) is 0. The van der Waals surface area contributed by atoms with Crippen LogP contribution in [0.3, 0.4) is 0 Å². The summed E-state index contributed by atoms with van der Waals surface area (Å²) >= 11 is 3.76. The monoisotopic (exact) mass is 908 g/mol. The Labute approximate surface area is 406 Å². The van der Waals surface area contributed by atoms with Gasteiger partial charge in [0.2, 0.25) is 0 Å². The Balaban J connectivity index is 1.03. The molecular formula is C64H48N2S2. The molecule has 12 aromatic rings. The molecule has 0 N–H and O–H groups in total. The first-order valence-electron chi connectivity index (χ1n) is 23.3. The third-order valence-corrected chi connectivity index (χ3v) is 15.9. The first kappa shape index (κ1) is 41.7. The van der Waals surface area contributed by atoms with Crippen LogP contribution < -0.4 is 9.80 Å². The lowest BCUT2D eigenvalue weighted by atomic mass is 9.93. The number of nitrogens with zero attached hydrogens (tertiary/aromatic N) is 2. The maximum absolute atomic E-state index is 2.53. The van der Waals surface area contributed by atoms with Crippen molar-refractivity contribution in [3.8, 4) is 33.4 Å². The van der Waals surface area contributed by atoms with Crippen LogP contribution >= 0.6 is 22.7 Å². The molecule has 0 saturated carbocycles. The summed E-state index contributed by atoms with van der Waals surface area (Å²) in [6, 6.07) is 80.2. The minimum absolute atomic E-state index is 1.16. The average molecular weight is 909 g/mol. The van der Waals surface area contributed by atoms with Crippen LogP contribution in [-0.2, 0) is 0 Å². The molecule has 0 unspecified atom stereocenters. The van der Waals surface area contributed by atoms with Gasteiger partial charge in [0.25, 0.3) is 0 Å². The molecule has 2 aromatic heterocycles. The number of hydrogen-bond acceptors (Lipinski definition) is 4. The Hall–Kier alpha value is -7.76. The predicted octanol–water partition coefficient (Wildman–Crippen LogP) is 19.6. The molecule has 0 saturated heterocycles. The maximum atomic E-state index is 2.53. The summed E-state index contributed by atoms with van der Waals surface area (Å²) in [5, 5.41) is 5.16. The van der Waals surface area contributed by atoms with Crippen LogP contribution in [0.2, 0.25) is 0 Å². The average Bonchev–Trinajstić information content (AvgIpc) is 3.96. The van der Waals surface area contributed by atoms with Crippen LogP contribution in [0.25, 0.3) is 73.7 Å². The Morgan fingerprint density at radius 1 is 0.279 bits per heavy atom. The van der Waals surface area contributed by atoms with Gasteiger partial charge >= 0.3 is 0 Å². The standard InChI is InChI=1S/C64H48N2S2/c1-41-37-47(38-42(2)61(41)65(55-31-15-11-25-49(55)45-21-7-5-8-22-45)57-33-19-29-53-51-27-13-17-35-59(51)67-63(53)57)48-39-43(3)62(44(4)40-48)66(56-32-16-12-26-50(56)46-23-9-6-10-24-46)58-34-20-30-54-52-28-14-18-36-60(52)68-64(54)58/h5-40H,1-4H3. The van der Waals surface area contributed by atoms with Gasteiger partial charge in [0.05, 0.1) is 43.5 Å². The van der Waals surface area contributed by atoms with Crippen LogP contribution in [0.15, 0.2) is 218 Å². The molecule has 0 fully saturated rings. The van der Waals surface area contributed by atoms with Gasteiger partial charge in [-0.05, 0) is 133 Å². The maximum Gasteiger partial charge on any atom is 0.0640 e. The second kappa shape index (κ2) is 17.2. The van der Waals surface area contributed by atoms with E-state index in [0.29, 0.717) is 0 Å². The number of para-hydroxylation sites is 2. The fraction of sp³-hybridized carbons (Fsp3) is 0.0625. The molecule has 0 bridgehead atoms. The number of hydrogen-bond donors (Lipinski definition) is 0. The molecule has 0 atom stereocenters. The highest BCUT2D eigenvalue weighted by atomic mass is 32.1. The zero-order valence-corrected chi connectivity index (χ0v) is 40.1. The minimum Gasteiger partial charge on any atom is -0.308 e. The third kappa shape index (κ3) is 7.07. The van der Waals surface area contributed by atoms with Gasteiger partial charge in [0, 0.05) is 42.1 Å². The number of rotatable bonds is 9. The fourth-order valence-corrected chi connectivity index (χ4v) is 13.0. The van der Waals surface area contributed by atoms with E-state index in [2.05, 4.69) is 256 Å². The van der Waals surface area contributed by atoms with Crippen LogP contribution in [0.1, 0.15) is 22.3 Å². The van der Waals surface area contributed by atoms with Gasteiger partial charge < -0.3 is 9.80 Å². The topological polar surface area (TPSA) is 6.48 Å². The van der Waals surface area contributed by atoms with E-state index in [9.17, 15) is 0 Å². The molecule has 0 radical (unpaired) electrons. The van der Waals surface area contributed by atoms with Crippen molar-refractivity contribution in [2.45, 2.75) is 27.7 Å². The van der Waals surface area contributed by atoms with Crippen LogP contribution in [0, 0.1) is 27.7 Å². The van der Waals surface area contributed by atoms with Gasteiger partial charge in [-0.25, -0.2) is 0 Å². The van der Waals surface area contributed by atoms with E-state index >= 15 is 0 Å². The molecule has 10 aromatic carbocycles. The molecule has 0 spiro atoms. The summed E-state index contributed by atoms with van der Waals surface area (Å²) < 4.78 is 5.16. The Bertz CT molecular complexity index is 3560.